The van der Waals surface area contributed by atoms with Crippen LogP contribution in [0.5, 0.6) is 0 Å². The fraction of sp³-hybridized carbons (Fsp3) is 0.500. The van der Waals surface area contributed by atoms with Crippen molar-refractivity contribution in [2.75, 3.05) is 0 Å². The maximum Gasteiger partial charge on any atom is 0.339 e. The highest BCUT2D eigenvalue weighted by atomic mass is 16.4. The Balaban J connectivity index is 3.31. The Hall–Kier alpha value is -1.25. The number of carbonyl (C=O) groups is 1. The van der Waals surface area contributed by atoms with Crippen LogP contribution >= 0.6 is 0 Å². The van der Waals surface area contributed by atoms with E-state index >= 15 is 0 Å². The molecule has 0 aliphatic heterocycles. The van der Waals surface area contributed by atoms with Crippen LogP contribution in [-0.2, 0) is 5.41 Å². The molecule has 0 aromatic carbocycles. The fourth-order valence-electron chi connectivity index (χ4n) is 1.27. The second-order valence-electron chi connectivity index (χ2n) is 4.14. The van der Waals surface area contributed by atoms with Crippen molar-refractivity contribution in [1.82, 2.24) is 0 Å². The highest BCUT2D eigenvalue weighted by Crippen LogP contribution is 2.29. The molecular weight excluding hydrogens is 168 g/mol. The first-order valence-electron chi connectivity index (χ1n) is 4.16. The summed E-state index contributed by atoms with van der Waals surface area (Å²) in [6.45, 7) is 7.55. The lowest BCUT2D eigenvalue weighted by atomic mass is 9.86. The van der Waals surface area contributed by atoms with Crippen LogP contribution in [0.15, 0.2) is 10.7 Å². The third-order valence-electron chi connectivity index (χ3n) is 2.00. The molecule has 1 aromatic heterocycles. The van der Waals surface area contributed by atoms with Crippen LogP contribution in [-0.4, -0.2) is 11.1 Å². The van der Waals surface area contributed by atoms with E-state index in [0.717, 1.165) is 5.56 Å². The van der Waals surface area contributed by atoms with Crippen molar-refractivity contribution in [3.8, 4) is 0 Å². The van der Waals surface area contributed by atoms with Crippen LogP contribution in [0.2, 0.25) is 0 Å². The Bertz CT molecular complexity index is 328. The SMILES string of the molecule is Cc1occ(C(C)(C)C)c1C(=O)O. The third-order valence-corrected chi connectivity index (χ3v) is 2.00. The van der Waals surface area contributed by atoms with Gasteiger partial charge in [0, 0.05) is 5.56 Å². The maximum atomic E-state index is 10.9. The summed E-state index contributed by atoms with van der Waals surface area (Å²) >= 11 is 0. The van der Waals surface area contributed by atoms with E-state index in [-0.39, 0.29) is 5.41 Å². The number of carboxylic acid groups (broad SMARTS) is 1. The van der Waals surface area contributed by atoms with Gasteiger partial charge in [0.05, 0.1) is 6.26 Å². The zero-order valence-electron chi connectivity index (χ0n) is 8.34. The first-order chi connectivity index (χ1) is 5.84. The van der Waals surface area contributed by atoms with Crippen LogP contribution in [0.25, 0.3) is 0 Å². The molecule has 0 aliphatic carbocycles. The number of aryl methyl sites for hydroxylation is 1. The van der Waals surface area contributed by atoms with Crippen LogP contribution in [0.1, 0.15) is 42.5 Å². The summed E-state index contributed by atoms with van der Waals surface area (Å²) in [6, 6.07) is 0. The number of carboxylic acids is 1. The minimum absolute atomic E-state index is 0.189. The van der Waals surface area contributed by atoms with Gasteiger partial charge in [0.2, 0.25) is 0 Å². The van der Waals surface area contributed by atoms with Crippen molar-refractivity contribution in [3.05, 3.63) is 23.2 Å². The van der Waals surface area contributed by atoms with Gasteiger partial charge >= 0.3 is 5.97 Å². The van der Waals surface area contributed by atoms with E-state index in [1.54, 1.807) is 6.92 Å². The smallest absolute Gasteiger partial charge is 0.339 e. The monoisotopic (exact) mass is 182 g/mol. The molecule has 0 saturated carbocycles. The van der Waals surface area contributed by atoms with Crippen LogP contribution in [0.3, 0.4) is 0 Å². The normalized spacial score (nSPS) is 11.7. The largest absolute Gasteiger partial charge is 0.478 e. The molecule has 0 bridgehead atoms. The summed E-state index contributed by atoms with van der Waals surface area (Å²) in [4.78, 5) is 10.9. The quantitative estimate of drug-likeness (QED) is 0.726. The summed E-state index contributed by atoms with van der Waals surface area (Å²) in [5.41, 5.74) is 0.857. The second-order valence-corrected chi connectivity index (χ2v) is 4.14. The molecule has 0 atom stereocenters. The summed E-state index contributed by atoms with van der Waals surface area (Å²) in [5.74, 6) is -0.450. The van der Waals surface area contributed by atoms with Gasteiger partial charge in [0.1, 0.15) is 11.3 Å². The zero-order chi connectivity index (χ0) is 10.2. The number of hydrogen-bond donors (Lipinski definition) is 1. The highest BCUT2D eigenvalue weighted by Gasteiger charge is 2.25. The van der Waals surface area contributed by atoms with Gasteiger partial charge in [-0.2, -0.15) is 0 Å². The number of hydrogen-bond acceptors (Lipinski definition) is 2. The van der Waals surface area contributed by atoms with Gasteiger partial charge in [-0.1, -0.05) is 20.8 Å². The predicted molar refractivity (Wildman–Crippen MR) is 49.1 cm³/mol. The van der Waals surface area contributed by atoms with Crippen molar-refractivity contribution in [3.63, 3.8) is 0 Å². The molecule has 0 amide bonds. The fourth-order valence-corrected chi connectivity index (χ4v) is 1.27. The van der Waals surface area contributed by atoms with Gasteiger partial charge in [0.15, 0.2) is 0 Å². The molecule has 0 spiro atoms. The van der Waals surface area contributed by atoms with Gasteiger partial charge in [-0.3, -0.25) is 0 Å². The van der Waals surface area contributed by atoms with Crippen LogP contribution < -0.4 is 0 Å². The molecule has 0 saturated heterocycles. The topological polar surface area (TPSA) is 50.4 Å². The zero-order valence-corrected chi connectivity index (χ0v) is 8.34. The van der Waals surface area contributed by atoms with Crippen molar-refractivity contribution in [1.29, 1.82) is 0 Å². The lowest BCUT2D eigenvalue weighted by Gasteiger charge is -2.16. The van der Waals surface area contributed by atoms with Crippen LogP contribution in [0, 0.1) is 6.92 Å². The Morgan fingerprint density at radius 1 is 1.46 bits per heavy atom. The van der Waals surface area contributed by atoms with Gasteiger partial charge in [-0.05, 0) is 12.3 Å². The van der Waals surface area contributed by atoms with E-state index in [4.69, 9.17) is 9.52 Å². The van der Waals surface area contributed by atoms with Gasteiger partial charge in [0.25, 0.3) is 0 Å². The molecule has 0 fully saturated rings. The predicted octanol–water partition coefficient (Wildman–Crippen LogP) is 2.58. The molecule has 1 N–H and O–H groups in total. The molecule has 13 heavy (non-hydrogen) atoms. The molecule has 1 aromatic rings. The molecule has 0 aliphatic rings. The lowest BCUT2D eigenvalue weighted by molar-refractivity contribution is 0.0692. The van der Waals surface area contributed by atoms with Gasteiger partial charge in [-0.25, -0.2) is 4.79 Å². The van der Waals surface area contributed by atoms with Gasteiger partial charge < -0.3 is 9.52 Å². The van der Waals surface area contributed by atoms with Crippen molar-refractivity contribution in [2.45, 2.75) is 33.1 Å². The summed E-state index contributed by atoms with van der Waals surface area (Å²) in [5, 5.41) is 8.94. The average molecular weight is 182 g/mol. The van der Waals surface area contributed by atoms with Gasteiger partial charge in [-0.15, -0.1) is 0 Å². The molecule has 1 rings (SSSR count). The number of aromatic carboxylic acids is 1. The van der Waals surface area contributed by atoms with E-state index in [1.165, 1.54) is 6.26 Å². The second kappa shape index (κ2) is 2.91. The average Bonchev–Trinajstić information content (AvgIpc) is 2.28. The third kappa shape index (κ3) is 1.74. The van der Waals surface area contributed by atoms with E-state index in [1.807, 2.05) is 20.8 Å². The molecule has 1 heterocycles. The molecule has 0 radical (unpaired) electrons. The van der Waals surface area contributed by atoms with Crippen LogP contribution in [0.4, 0.5) is 0 Å². The summed E-state index contributed by atoms with van der Waals surface area (Å²) < 4.78 is 5.10. The van der Waals surface area contributed by atoms with E-state index in [0.29, 0.717) is 11.3 Å². The molecule has 3 heteroatoms. The van der Waals surface area contributed by atoms with Crippen molar-refractivity contribution >= 4 is 5.97 Å². The minimum Gasteiger partial charge on any atom is -0.478 e. The molecule has 72 valence electrons. The Labute approximate surface area is 77.4 Å². The van der Waals surface area contributed by atoms with Crippen molar-refractivity contribution < 1.29 is 14.3 Å². The first-order valence-corrected chi connectivity index (χ1v) is 4.16. The molecular formula is C10H14O3. The minimum atomic E-state index is -0.920. The Morgan fingerprint density at radius 2 is 2.00 bits per heavy atom. The van der Waals surface area contributed by atoms with E-state index in [9.17, 15) is 4.79 Å². The van der Waals surface area contributed by atoms with E-state index in [2.05, 4.69) is 0 Å². The Morgan fingerprint density at radius 3 is 2.31 bits per heavy atom. The van der Waals surface area contributed by atoms with Crippen molar-refractivity contribution in [2.24, 2.45) is 0 Å². The highest BCUT2D eigenvalue weighted by molar-refractivity contribution is 5.90. The maximum absolute atomic E-state index is 10.9. The Kier molecular flexibility index (Phi) is 2.20. The first kappa shape index (κ1) is 9.84. The number of rotatable bonds is 1. The lowest BCUT2D eigenvalue weighted by Crippen LogP contribution is -2.15. The summed E-state index contributed by atoms with van der Waals surface area (Å²) in [7, 11) is 0. The molecule has 0 unspecified atom stereocenters. The number of furan rings is 1. The standard InChI is InChI=1S/C10H14O3/c1-6-8(9(11)12)7(5-13-6)10(2,3)4/h5H,1-4H3,(H,11,12). The molecule has 3 nitrogen and oxygen atoms in total. The van der Waals surface area contributed by atoms with E-state index < -0.39 is 5.97 Å². The summed E-state index contributed by atoms with van der Waals surface area (Å²) in [6.07, 6.45) is 1.53.